The molecule has 0 amide bonds. The summed E-state index contributed by atoms with van der Waals surface area (Å²) in [6, 6.07) is 8.24. The SMILES string of the molecule is N#CC1Nc2ccccc2[C@@H](O)C1O. The number of para-hydroxylation sites is 1. The first-order chi connectivity index (χ1) is 6.74. The number of nitriles is 1. The molecule has 0 saturated carbocycles. The van der Waals surface area contributed by atoms with Crippen molar-refractivity contribution < 1.29 is 10.2 Å². The fraction of sp³-hybridized carbons (Fsp3) is 0.300. The van der Waals surface area contributed by atoms with E-state index in [1.54, 1.807) is 18.2 Å². The van der Waals surface area contributed by atoms with Gasteiger partial charge in [-0.15, -0.1) is 0 Å². The zero-order valence-corrected chi connectivity index (χ0v) is 7.38. The van der Waals surface area contributed by atoms with Crippen molar-refractivity contribution in [3.63, 3.8) is 0 Å². The van der Waals surface area contributed by atoms with Crippen LogP contribution in [-0.2, 0) is 0 Å². The minimum Gasteiger partial charge on any atom is -0.387 e. The summed E-state index contributed by atoms with van der Waals surface area (Å²) < 4.78 is 0. The molecular weight excluding hydrogens is 180 g/mol. The normalized spacial score (nSPS) is 29.9. The van der Waals surface area contributed by atoms with Crippen molar-refractivity contribution in [2.75, 3.05) is 5.32 Å². The first-order valence-corrected chi connectivity index (χ1v) is 4.35. The van der Waals surface area contributed by atoms with E-state index in [0.717, 1.165) is 0 Å². The fourth-order valence-electron chi connectivity index (χ4n) is 1.61. The molecule has 1 aliphatic heterocycles. The summed E-state index contributed by atoms with van der Waals surface area (Å²) in [7, 11) is 0. The molecule has 3 atom stereocenters. The standard InChI is InChI=1S/C10H10N2O2/c11-5-8-10(14)9(13)6-3-1-2-4-7(6)12-8/h1-4,8-10,12-14H/t8?,9-,10?/m1/s1. The minimum absolute atomic E-state index is 0.631. The summed E-state index contributed by atoms with van der Waals surface area (Å²) in [5.41, 5.74) is 1.34. The highest BCUT2D eigenvalue weighted by atomic mass is 16.3. The van der Waals surface area contributed by atoms with Crippen LogP contribution in [-0.4, -0.2) is 22.4 Å². The molecule has 14 heavy (non-hydrogen) atoms. The molecule has 0 radical (unpaired) electrons. The molecule has 2 unspecified atom stereocenters. The predicted octanol–water partition coefficient (Wildman–Crippen LogP) is 0.399. The quantitative estimate of drug-likeness (QED) is 0.553. The van der Waals surface area contributed by atoms with Gasteiger partial charge in [0.25, 0.3) is 0 Å². The van der Waals surface area contributed by atoms with E-state index >= 15 is 0 Å². The maximum Gasteiger partial charge on any atom is 0.143 e. The molecule has 0 saturated heterocycles. The van der Waals surface area contributed by atoms with E-state index in [1.807, 2.05) is 12.1 Å². The van der Waals surface area contributed by atoms with Gasteiger partial charge in [-0.25, -0.2) is 0 Å². The topological polar surface area (TPSA) is 76.3 Å². The maximum atomic E-state index is 9.69. The lowest BCUT2D eigenvalue weighted by atomic mass is 9.93. The molecule has 1 aliphatic rings. The second-order valence-electron chi connectivity index (χ2n) is 3.27. The molecule has 1 heterocycles. The number of benzene rings is 1. The fourth-order valence-corrected chi connectivity index (χ4v) is 1.61. The van der Waals surface area contributed by atoms with E-state index in [4.69, 9.17) is 5.26 Å². The van der Waals surface area contributed by atoms with Crippen LogP contribution in [0.15, 0.2) is 24.3 Å². The van der Waals surface area contributed by atoms with Crippen molar-refractivity contribution in [1.82, 2.24) is 0 Å². The average molecular weight is 190 g/mol. The molecule has 0 bridgehead atoms. The highest BCUT2D eigenvalue weighted by Crippen LogP contribution is 2.32. The van der Waals surface area contributed by atoms with Crippen LogP contribution in [0.2, 0.25) is 0 Å². The first-order valence-electron chi connectivity index (χ1n) is 4.35. The number of nitrogens with one attached hydrogen (secondary N) is 1. The van der Waals surface area contributed by atoms with Crippen molar-refractivity contribution in [2.24, 2.45) is 0 Å². The van der Waals surface area contributed by atoms with Crippen molar-refractivity contribution in [2.45, 2.75) is 18.2 Å². The number of nitrogens with zero attached hydrogens (tertiary/aromatic N) is 1. The number of hydrogen-bond donors (Lipinski definition) is 3. The van der Waals surface area contributed by atoms with Crippen LogP contribution in [0, 0.1) is 11.3 Å². The van der Waals surface area contributed by atoms with Crippen LogP contribution in [0.3, 0.4) is 0 Å². The third-order valence-corrected chi connectivity index (χ3v) is 2.39. The molecule has 4 nitrogen and oxygen atoms in total. The van der Waals surface area contributed by atoms with Gasteiger partial charge in [0.1, 0.15) is 18.2 Å². The van der Waals surface area contributed by atoms with Crippen LogP contribution in [0.25, 0.3) is 0 Å². The summed E-state index contributed by atoms with van der Waals surface area (Å²) in [5.74, 6) is 0. The van der Waals surface area contributed by atoms with Crippen molar-refractivity contribution in [3.05, 3.63) is 29.8 Å². The van der Waals surface area contributed by atoms with Gasteiger partial charge in [-0.2, -0.15) is 5.26 Å². The average Bonchev–Trinajstić information content (AvgIpc) is 2.23. The number of aliphatic hydroxyl groups is 2. The molecule has 0 fully saturated rings. The molecule has 0 aliphatic carbocycles. The zero-order chi connectivity index (χ0) is 10.1. The van der Waals surface area contributed by atoms with E-state index in [2.05, 4.69) is 5.32 Å². The smallest absolute Gasteiger partial charge is 0.143 e. The lowest BCUT2D eigenvalue weighted by molar-refractivity contribution is 0.0120. The lowest BCUT2D eigenvalue weighted by Gasteiger charge is -2.31. The van der Waals surface area contributed by atoms with Crippen molar-refractivity contribution in [1.29, 1.82) is 5.26 Å². The van der Waals surface area contributed by atoms with Crippen LogP contribution in [0.1, 0.15) is 11.7 Å². The predicted molar refractivity (Wildman–Crippen MR) is 50.4 cm³/mol. The molecule has 4 heteroatoms. The largest absolute Gasteiger partial charge is 0.387 e. The Balaban J connectivity index is 2.43. The minimum atomic E-state index is -1.07. The van der Waals surface area contributed by atoms with Gasteiger partial charge in [0.2, 0.25) is 0 Å². The van der Waals surface area contributed by atoms with Crippen LogP contribution in [0.5, 0.6) is 0 Å². The van der Waals surface area contributed by atoms with Crippen LogP contribution < -0.4 is 5.32 Å². The Morgan fingerprint density at radius 3 is 2.71 bits per heavy atom. The van der Waals surface area contributed by atoms with Crippen LogP contribution in [0.4, 0.5) is 5.69 Å². The number of hydrogen-bond acceptors (Lipinski definition) is 4. The molecule has 1 aromatic rings. The van der Waals surface area contributed by atoms with E-state index in [0.29, 0.717) is 11.3 Å². The van der Waals surface area contributed by atoms with E-state index in [9.17, 15) is 10.2 Å². The molecular formula is C10H10N2O2. The monoisotopic (exact) mass is 190 g/mol. The second-order valence-corrected chi connectivity index (χ2v) is 3.27. The summed E-state index contributed by atoms with van der Waals surface area (Å²) in [5, 5.41) is 30.8. The Bertz CT molecular complexity index is 386. The molecule has 3 N–H and O–H groups in total. The van der Waals surface area contributed by atoms with Gasteiger partial charge in [-0.3, -0.25) is 0 Å². The number of rotatable bonds is 0. The Morgan fingerprint density at radius 1 is 1.29 bits per heavy atom. The summed E-state index contributed by atoms with van der Waals surface area (Å²) in [4.78, 5) is 0. The molecule has 1 aromatic carbocycles. The zero-order valence-electron chi connectivity index (χ0n) is 7.38. The van der Waals surface area contributed by atoms with Gasteiger partial charge < -0.3 is 15.5 Å². The summed E-state index contributed by atoms with van der Waals surface area (Å²) in [6.45, 7) is 0. The Kier molecular flexibility index (Phi) is 2.12. The Morgan fingerprint density at radius 2 is 2.00 bits per heavy atom. The van der Waals surface area contributed by atoms with E-state index in [1.165, 1.54) is 0 Å². The van der Waals surface area contributed by atoms with Crippen molar-refractivity contribution in [3.8, 4) is 6.07 Å². The Labute approximate surface area is 81.4 Å². The van der Waals surface area contributed by atoms with Crippen LogP contribution >= 0.6 is 0 Å². The van der Waals surface area contributed by atoms with Gasteiger partial charge in [0.05, 0.1) is 6.07 Å². The highest BCUT2D eigenvalue weighted by Gasteiger charge is 2.33. The third kappa shape index (κ3) is 1.23. The number of aliphatic hydroxyl groups excluding tert-OH is 2. The Hall–Kier alpha value is -1.57. The molecule has 0 aromatic heterocycles. The first kappa shape index (κ1) is 9.00. The molecule has 0 spiro atoms. The summed E-state index contributed by atoms with van der Waals surface area (Å²) >= 11 is 0. The highest BCUT2D eigenvalue weighted by molar-refractivity contribution is 5.57. The summed E-state index contributed by atoms with van der Waals surface area (Å²) in [6.07, 6.45) is -2.06. The maximum absolute atomic E-state index is 9.69. The van der Waals surface area contributed by atoms with Gasteiger partial charge in [0.15, 0.2) is 0 Å². The van der Waals surface area contributed by atoms with Gasteiger partial charge >= 0.3 is 0 Å². The van der Waals surface area contributed by atoms with E-state index < -0.39 is 18.2 Å². The number of anilines is 1. The number of fused-ring (bicyclic) bond motifs is 1. The third-order valence-electron chi connectivity index (χ3n) is 2.39. The lowest BCUT2D eigenvalue weighted by Crippen LogP contribution is -2.41. The van der Waals surface area contributed by atoms with Gasteiger partial charge in [0, 0.05) is 11.3 Å². The molecule has 2 rings (SSSR count). The van der Waals surface area contributed by atoms with Crippen molar-refractivity contribution >= 4 is 5.69 Å². The second kappa shape index (κ2) is 3.29. The van der Waals surface area contributed by atoms with Gasteiger partial charge in [-0.1, -0.05) is 18.2 Å². The molecule has 72 valence electrons. The van der Waals surface area contributed by atoms with Gasteiger partial charge in [-0.05, 0) is 6.07 Å². The van der Waals surface area contributed by atoms with E-state index in [-0.39, 0.29) is 0 Å².